The molecule has 4 aromatic rings. The summed E-state index contributed by atoms with van der Waals surface area (Å²) in [6, 6.07) is 16.7. The fourth-order valence-corrected chi connectivity index (χ4v) is 6.18. The van der Waals surface area contributed by atoms with Crippen LogP contribution in [0.15, 0.2) is 59.5 Å². The number of aromatic nitrogens is 2. The Kier molecular flexibility index (Phi) is 8.09. The summed E-state index contributed by atoms with van der Waals surface area (Å²) in [5, 5.41) is 10.5. The van der Waals surface area contributed by atoms with Gasteiger partial charge in [0, 0.05) is 63.7 Å². The fraction of sp³-hybridized carbons (Fsp3) is 0.406. The molecule has 0 atom stereocenters. The van der Waals surface area contributed by atoms with E-state index in [1.807, 2.05) is 38.5 Å². The van der Waals surface area contributed by atoms with Crippen LogP contribution in [0.4, 0.5) is 4.39 Å². The van der Waals surface area contributed by atoms with Crippen LogP contribution in [0.2, 0.25) is 0 Å². The third-order valence-corrected chi connectivity index (χ3v) is 9.15. The fourth-order valence-electron chi connectivity index (χ4n) is 5.55. The van der Waals surface area contributed by atoms with E-state index in [0.717, 1.165) is 68.7 Å². The van der Waals surface area contributed by atoms with Gasteiger partial charge in [0.2, 0.25) is 0 Å². The number of pyridine rings is 1. The van der Waals surface area contributed by atoms with Gasteiger partial charge in [0.1, 0.15) is 0 Å². The molecule has 218 valence electrons. The summed E-state index contributed by atoms with van der Waals surface area (Å²) in [6.45, 7) is 11.4. The number of halogens is 1. The molecule has 0 saturated carbocycles. The van der Waals surface area contributed by atoms with E-state index >= 15 is 4.39 Å². The van der Waals surface area contributed by atoms with Crippen LogP contribution in [-0.4, -0.2) is 77.5 Å². The van der Waals surface area contributed by atoms with Crippen molar-refractivity contribution in [2.24, 2.45) is 7.05 Å². The van der Waals surface area contributed by atoms with Gasteiger partial charge in [-0.15, -0.1) is 0 Å². The molecule has 0 amide bonds. The molecule has 7 nitrogen and oxygen atoms in total. The van der Waals surface area contributed by atoms with E-state index in [2.05, 4.69) is 34.1 Å². The second-order valence-electron chi connectivity index (χ2n) is 11.9. The topological polar surface area (TPSA) is 78.7 Å². The summed E-state index contributed by atoms with van der Waals surface area (Å²) < 4.78 is 41.2. The zero-order chi connectivity index (χ0) is 29.5. The van der Waals surface area contributed by atoms with Crippen LogP contribution in [0.3, 0.4) is 0 Å². The predicted octanol–water partition coefficient (Wildman–Crippen LogP) is 5.04. The van der Waals surface area contributed by atoms with Crippen LogP contribution in [0, 0.1) is 12.7 Å². The van der Waals surface area contributed by atoms with Crippen molar-refractivity contribution in [2.45, 2.75) is 44.2 Å². The van der Waals surface area contributed by atoms with Crippen molar-refractivity contribution >= 4 is 20.7 Å². The standard InChI is InChI=1S/C32H39FN4O3S/c1-22-29-28(35(4)31(30(29)33)25-10-12-26(13-11-25)41(5,39)40)20-27(34-22)24-8-6-23(7-9-24)21-37-18-16-36(17-19-37)15-14-32(2,3)38/h6-13,20,38H,14-19,21H2,1-5H3. The summed E-state index contributed by atoms with van der Waals surface area (Å²) in [5.74, 6) is -0.360. The first-order valence-corrected chi connectivity index (χ1v) is 15.9. The molecule has 9 heteroatoms. The summed E-state index contributed by atoms with van der Waals surface area (Å²) in [6.07, 6.45) is 1.94. The van der Waals surface area contributed by atoms with Crippen molar-refractivity contribution in [1.29, 1.82) is 0 Å². The Labute approximate surface area is 242 Å². The molecule has 2 aromatic carbocycles. The van der Waals surface area contributed by atoms with Gasteiger partial charge in [0.05, 0.1) is 38.5 Å². The van der Waals surface area contributed by atoms with Crippen molar-refractivity contribution in [3.8, 4) is 22.5 Å². The van der Waals surface area contributed by atoms with Crippen molar-refractivity contribution < 1.29 is 17.9 Å². The number of hydrogen-bond acceptors (Lipinski definition) is 6. The van der Waals surface area contributed by atoms with Crippen LogP contribution in [0.5, 0.6) is 0 Å². The Morgan fingerprint density at radius 1 is 0.951 bits per heavy atom. The molecule has 2 aromatic heterocycles. The SMILES string of the molecule is Cc1nc(-c2ccc(CN3CCN(CCC(C)(C)O)CC3)cc2)cc2c1c(F)c(-c1ccc(S(C)(=O)=O)cc1)n2C. The normalized spacial score (nSPS) is 15.6. The van der Waals surface area contributed by atoms with Gasteiger partial charge in [-0.1, -0.05) is 36.4 Å². The number of aryl methyl sites for hydroxylation is 2. The van der Waals surface area contributed by atoms with Crippen LogP contribution >= 0.6 is 0 Å². The third kappa shape index (κ3) is 6.54. The lowest BCUT2D eigenvalue weighted by molar-refractivity contribution is 0.0467. The monoisotopic (exact) mass is 578 g/mol. The molecule has 3 heterocycles. The van der Waals surface area contributed by atoms with Crippen molar-refractivity contribution in [1.82, 2.24) is 19.4 Å². The Morgan fingerprint density at radius 2 is 1.54 bits per heavy atom. The van der Waals surface area contributed by atoms with E-state index in [9.17, 15) is 13.5 Å². The number of benzene rings is 2. The average Bonchev–Trinajstić information content (AvgIpc) is 3.17. The Bertz CT molecular complexity index is 1650. The summed E-state index contributed by atoms with van der Waals surface area (Å²) >= 11 is 0. The molecule has 0 radical (unpaired) electrons. The lowest BCUT2D eigenvalue weighted by atomic mass is 10.0. The highest BCUT2D eigenvalue weighted by molar-refractivity contribution is 7.90. The molecule has 0 spiro atoms. The van der Waals surface area contributed by atoms with Gasteiger partial charge in [-0.05, 0) is 51.0 Å². The number of piperazine rings is 1. The first kappa shape index (κ1) is 29.4. The maximum Gasteiger partial charge on any atom is 0.175 e. The van der Waals surface area contributed by atoms with Crippen molar-refractivity contribution in [3.05, 3.63) is 71.7 Å². The van der Waals surface area contributed by atoms with Gasteiger partial charge in [0.25, 0.3) is 0 Å². The van der Waals surface area contributed by atoms with Gasteiger partial charge in [0.15, 0.2) is 15.7 Å². The minimum Gasteiger partial charge on any atom is -0.390 e. The Balaban J connectivity index is 1.32. The molecule has 1 saturated heterocycles. The third-order valence-electron chi connectivity index (χ3n) is 8.02. The molecule has 1 aliphatic heterocycles. The number of aliphatic hydroxyl groups is 1. The average molecular weight is 579 g/mol. The first-order valence-electron chi connectivity index (χ1n) is 14.0. The van der Waals surface area contributed by atoms with Crippen LogP contribution in [0.25, 0.3) is 33.4 Å². The van der Waals surface area contributed by atoms with Crippen LogP contribution < -0.4 is 0 Å². The van der Waals surface area contributed by atoms with Crippen LogP contribution in [0.1, 0.15) is 31.5 Å². The lowest BCUT2D eigenvalue weighted by Crippen LogP contribution is -2.47. The largest absolute Gasteiger partial charge is 0.390 e. The first-order chi connectivity index (χ1) is 19.3. The number of sulfone groups is 1. The highest BCUT2D eigenvalue weighted by atomic mass is 32.2. The van der Waals surface area contributed by atoms with E-state index in [1.54, 1.807) is 12.1 Å². The predicted molar refractivity (Wildman–Crippen MR) is 162 cm³/mol. The van der Waals surface area contributed by atoms with E-state index in [1.165, 1.54) is 17.7 Å². The van der Waals surface area contributed by atoms with Crippen molar-refractivity contribution in [2.75, 3.05) is 39.0 Å². The molecule has 0 unspecified atom stereocenters. The zero-order valence-corrected chi connectivity index (χ0v) is 25.3. The van der Waals surface area contributed by atoms with Crippen LogP contribution in [-0.2, 0) is 23.4 Å². The minimum absolute atomic E-state index is 0.202. The molecule has 0 bridgehead atoms. The molecular weight excluding hydrogens is 539 g/mol. The van der Waals surface area contributed by atoms with E-state index < -0.39 is 15.4 Å². The van der Waals surface area contributed by atoms with Gasteiger partial charge < -0.3 is 14.6 Å². The lowest BCUT2D eigenvalue weighted by Gasteiger charge is -2.35. The molecule has 0 aliphatic carbocycles. The molecule has 41 heavy (non-hydrogen) atoms. The maximum absolute atomic E-state index is 15.7. The molecule has 5 rings (SSSR count). The van der Waals surface area contributed by atoms with E-state index in [0.29, 0.717) is 22.3 Å². The quantitative estimate of drug-likeness (QED) is 0.316. The molecular formula is C32H39FN4O3S. The molecule has 1 aliphatic rings. The highest BCUT2D eigenvalue weighted by Gasteiger charge is 2.22. The minimum atomic E-state index is -3.33. The smallest absolute Gasteiger partial charge is 0.175 e. The zero-order valence-electron chi connectivity index (χ0n) is 24.5. The maximum atomic E-state index is 15.7. The van der Waals surface area contributed by atoms with Gasteiger partial charge in [-0.3, -0.25) is 9.88 Å². The number of hydrogen-bond donors (Lipinski definition) is 1. The number of nitrogens with zero attached hydrogens (tertiary/aromatic N) is 4. The summed E-state index contributed by atoms with van der Waals surface area (Å²) in [7, 11) is -1.51. The molecule has 1 fully saturated rings. The number of rotatable bonds is 8. The molecule has 1 N–H and O–H groups in total. The second-order valence-corrected chi connectivity index (χ2v) is 13.9. The van der Waals surface area contributed by atoms with Gasteiger partial charge in [-0.25, -0.2) is 12.8 Å². The van der Waals surface area contributed by atoms with E-state index in [4.69, 9.17) is 4.98 Å². The van der Waals surface area contributed by atoms with E-state index in [-0.39, 0.29) is 10.7 Å². The number of fused-ring (bicyclic) bond motifs is 1. The van der Waals surface area contributed by atoms with Gasteiger partial charge in [-0.2, -0.15) is 0 Å². The Morgan fingerprint density at radius 3 is 2.12 bits per heavy atom. The Hall–Kier alpha value is -3.11. The summed E-state index contributed by atoms with van der Waals surface area (Å²) in [4.78, 5) is 9.83. The van der Waals surface area contributed by atoms with Crippen molar-refractivity contribution in [3.63, 3.8) is 0 Å². The highest BCUT2D eigenvalue weighted by Crippen LogP contribution is 2.35. The summed E-state index contributed by atoms with van der Waals surface area (Å²) in [5.41, 5.74) is 4.71. The van der Waals surface area contributed by atoms with Gasteiger partial charge >= 0.3 is 0 Å². The second kappa shape index (κ2) is 11.3.